The second-order valence-electron chi connectivity index (χ2n) is 6.93. The summed E-state index contributed by atoms with van der Waals surface area (Å²) in [5.74, 6) is 1.11. The number of likely N-dealkylation sites (tertiary alicyclic amines) is 1. The first kappa shape index (κ1) is 17.4. The number of carbonyl (C=O) groups is 1. The van der Waals surface area contributed by atoms with E-state index in [0.29, 0.717) is 30.3 Å². The fourth-order valence-corrected chi connectivity index (χ4v) is 3.58. The number of ether oxygens (including phenoxy) is 1. The predicted octanol–water partition coefficient (Wildman–Crippen LogP) is 3.58. The van der Waals surface area contributed by atoms with E-state index in [1.54, 1.807) is 29.6 Å². The van der Waals surface area contributed by atoms with Gasteiger partial charge in [-0.2, -0.15) is 0 Å². The van der Waals surface area contributed by atoms with Crippen LogP contribution < -0.4 is 4.74 Å². The zero-order chi connectivity index (χ0) is 19.6. The molecule has 1 fully saturated rings. The van der Waals surface area contributed by atoms with Crippen molar-refractivity contribution in [2.75, 3.05) is 13.1 Å². The van der Waals surface area contributed by atoms with Crippen LogP contribution in [0.15, 0.2) is 71.6 Å². The van der Waals surface area contributed by atoms with Gasteiger partial charge in [-0.15, -0.1) is 0 Å². The molecule has 7 heteroatoms. The van der Waals surface area contributed by atoms with Gasteiger partial charge in [0.15, 0.2) is 5.76 Å². The van der Waals surface area contributed by atoms with Gasteiger partial charge in [0.05, 0.1) is 18.1 Å². The molecule has 1 atom stereocenters. The lowest BCUT2D eigenvalue weighted by molar-refractivity contribution is 0.0771. The fraction of sp³-hybridized carbons (Fsp3) is 0.182. The molecule has 7 nitrogen and oxygen atoms in total. The highest BCUT2D eigenvalue weighted by Gasteiger charge is 2.29. The summed E-state index contributed by atoms with van der Waals surface area (Å²) in [5, 5.41) is 4.95. The summed E-state index contributed by atoms with van der Waals surface area (Å²) >= 11 is 0. The molecule has 0 aliphatic carbocycles. The van der Waals surface area contributed by atoms with E-state index in [1.807, 2.05) is 42.5 Å². The zero-order valence-electron chi connectivity index (χ0n) is 15.6. The molecule has 2 aromatic carbocycles. The molecule has 1 aliphatic heterocycles. The first-order valence-corrected chi connectivity index (χ1v) is 9.45. The monoisotopic (exact) mass is 386 g/mol. The number of hydrogen-bond donors (Lipinski definition) is 0. The first-order valence-electron chi connectivity index (χ1n) is 9.45. The number of amides is 1. The molecule has 1 amide bonds. The van der Waals surface area contributed by atoms with Crippen LogP contribution in [0.4, 0.5) is 0 Å². The summed E-state index contributed by atoms with van der Waals surface area (Å²) in [6.07, 6.45) is 5.44. The standard InChI is InChI=1S/C22H18N4O3/c27-22(26-11-8-17(14-26)28-20-13-23-9-10-24-20)16-6-7-19-18(12-16)21(29-25-19)15-4-2-1-3-5-15/h1-7,9-10,12-13,17H,8,11,14H2. The highest BCUT2D eigenvalue weighted by atomic mass is 16.5. The lowest BCUT2D eigenvalue weighted by Gasteiger charge is -2.17. The van der Waals surface area contributed by atoms with Crippen LogP contribution in [-0.4, -0.2) is 45.1 Å². The average molecular weight is 386 g/mol. The van der Waals surface area contributed by atoms with Gasteiger partial charge in [0.1, 0.15) is 11.6 Å². The van der Waals surface area contributed by atoms with Gasteiger partial charge in [0, 0.05) is 36.5 Å². The van der Waals surface area contributed by atoms with Crippen molar-refractivity contribution in [2.45, 2.75) is 12.5 Å². The van der Waals surface area contributed by atoms with E-state index in [0.717, 1.165) is 22.9 Å². The van der Waals surface area contributed by atoms with Crippen molar-refractivity contribution >= 4 is 16.8 Å². The summed E-state index contributed by atoms with van der Waals surface area (Å²) in [5.41, 5.74) is 2.27. The predicted molar refractivity (Wildman–Crippen MR) is 106 cm³/mol. The average Bonchev–Trinajstić information content (AvgIpc) is 3.41. The van der Waals surface area contributed by atoms with E-state index in [1.165, 1.54) is 0 Å². The summed E-state index contributed by atoms with van der Waals surface area (Å²) in [6, 6.07) is 15.2. The molecule has 4 aromatic rings. The lowest BCUT2D eigenvalue weighted by atomic mass is 10.1. The Morgan fingerprint density at radius 3 is 2.86 bits per heavy atom. The van der Waals surface area contributed by atoms with Gasteiger partial charge >= 0.3 is 0 Å². The number of aromatic nitrogens is 3. The van der Waals surface area contributed by atoms with Gasteiger partial charge in [-0.3, -0.25) is 9.78 Å². The minimum Gasteiger partial charge on any atom is -0.471 e. The maximum Gasteiger partial charge on any atom is 0.254 e. The molecule has 1 aliphatic rings. The van der Waals surface area contributed by atoms with E-state index in [2.05, 4.69) is 15.1 Å². The number of fused-ring (bicyclic) bond motifs is 1. The molecule has 5 rings (SSSR count). The van der Waals surface area contributed by atoms with E-state index >= 15 is 0 Å². The molecule has 0 spiro atoms. The summed E-state index contributed by atoms with van der Waals surface area (Å²) < 4.78 is 11.4. The van der Waals surface area contributed by atoms with Crippen LogP contribution in [0, 0.1) is 0 Å². The van der Waals surface area contributed by atoms with Crippen LogP contribution in [0.3, 0.4) is 0 Å². The number of hydrogen-bond acceptors (Lipinski definition) is 6. The highest BCUT2D eigenvalue weighted by Crippen LogP contribution is 2.30. The van der Waals surface area contributed by atoms with Crippen LogP contribution in [0.2, 0.25) is 0 Å². The third-order valence-corrected chi connectivity index (χ3v) is 5.02. The van der Waals surface area contributed by atoms with Crippen molar-refractivity contribution in [1.29, 1.82) is 0 Å². The second-order valence-corrected chi connectivity index (χ2v) is 6.93. The third-order valence-electron chi connectivity index (χ3n) is 5.02. The normalized spacial score (nSPS) is 16.3. The topological polar surface area (TPSA) is 81.4 Å². The molecular weight excluding hydrogens is 368 g/mol. The van der Waals surface area contributed by atoms with Gasteiger partial charge in [-0.25, -0.2) is 4.98 Å². The maximum absolute atomic E-state index is 13.0. The smallest absolute Gasteiger partial charge is 0.254 e. The molecule has 0 saturated carbocycles. The van der Waals surface area contributed by atoms with E-state index in [9.17, 15) is 4.79 Å². The number of benzene rings is 2. The second kappa shape index (κ2) is 7.35. The van der Waals surface area contributed by atoms with E-state index in [4.69, 9.17) is 9.26 Å². The maximum atomic E-state index is 13.0. The first-order chi connectivity index (χ1) is 14.3. The Morgan fingerprint density at radius 1 is 1.14 bits per heavy atom. The third kappa shape index (κ3) is 3.42. The molecule has 3 heterocycles. The van der Waals surface area contributed by atoms with E-state index in [-0.39, 0.29) is 12.0 Å². The van der Waals surface area contributed by atoms with Crippen LogP contribution in [0.25, 0.3) is 22.2 Å². The molecule has 0 radical (unpaired) electrons. The molecule has 29 heavy (non-hydrogen) atoms. The van der Waals surface area contributed by atoms with Crippen molar-refractivity contribution in [3.8, 4) is 17.2 Å². The van der Waals surface area contributed by atoms with Crippen LogP contribution in [-0.2, 0) is 0 Å². The van der Waals surface area contributed by atoms with Gasteiger partial charge in [0.25, 0.3) is 5.91 Å². The zero-order valence-corrected chi connectivity index (χ0v) is 15.6. The van der Waals surface area contributed by atoms with Crippen LogP contribution in [0.5, 0.6) is 5.88 Å². The SMILES string of the molecule is O=C(c1ccc2noc(-c3ccccc3)c2c1)N1CCC(Oc2cnccn2)C1. The van der Waals surface area contributed by atoms with Crippen LogP contribution >= 0.6 is 0 Å². The van der Waals surface area contributed by atoms with Crippen molar-refractivity contribution in [3.63, 3.8) is 0 Å². The summed E-state index contributed by atoms with van der Waals surface area (Å²) in [6.45, 7) is 1.15. The molecule has 1 saturated heterocycles. The minimum absolute atomic E-state index is 0.0302. The Balaban J connectivity index is 1.36. The highest BCUT2D eigenvalue weighted by molar-refractivity contribution is 6.01. The Labute approximate surface area is 166 Å². The van der Waals surface area contributed by atoms with Gasteiger partial charge in [0.2, 0.25) is 5.88 Å². The number of carbonyl (C=O) groups excluding carboxylic acids is 1. The lowest BCUT2D eigenvalue weighted by Crippen LogP contribution is -2.31. The Morgan fingerprint density at radius 2 is 2.03 bits per heavy atom. The molecule has 0 N–H and O–H groups in total. The Bertz CT molecular complexity index is 1140. The van der Waals surface area contributed by atoms with Crippen LogP contribution in [0.1, 0.15) is 16.8 Å². The minimum atomic E-state index is -0.0881. The molecular formula is C22H18N4O3. The molecule has 2 aromatic heterocycles. The van der Waals surface area contributed by atoms with Gasteiger partial charge in [-0.1, -0.05) is 35.5 Å². The van der Waals surface area contributed by atoms with Crippen molar-refractivity contribution in [1.82, 2.24) is 20.0 Å². The summed E-state index contributed by atoms with van der Waals surface area (Å²) in [7, 11) is 0. The molecule has 1 unspecified atom stereocenters. The van der Waals surface area contributed by atoms with Crippen molar-refractivity contribution in [2.24, 2.45) is 0 Å². The Hall–Kier alpha value is -3.74. The van der Waals surface area contributed by atoms with Crippen molar-refractivity contribution < 1.29 is 14.1 Å². The van der Waals surface area contributed by atoms with E-state index < -0.39 is 0 Å². The largest absolute Gasteiger partial charge is 0.471 e. The van der Waals surface area contributed by atoms with Gasteiger partial charge in [-0.05, 0) is 18.2 Å². The van der Waals surface area contributed by atoms with Crippen molar-refractivity contribution in [3.05, 3.63) is 72.7 Å². The molecule has 0 bridgehead atoms. The Kier molecular flexibility index (Phi) is 4.40. The van der Waals surface area contributed by atoms with Gasteiger partial charge < -0.3 is 14.2 Å². The quantitative estimate of drug-likeness (QED) is 0.533. The molecule has 144 valence electrons. The number of rotatable bonds is 4. The fourth-order valence-electron chi connectivity index (χ4n) is 3.58. The number of nitrogens with zero attached hydrogens (tertiary/aromatic N) is 4. The summed E-state index contributed by atoms with van der Waals surface area (Å²) in [4.78, 5) is 23.0.